The number of rotatable bonds is 8. The minimum Gasteiger partial charge on any atom is -0.393 e. The maximum absolute atomic E-state index is 13.5. The lowest BCUT2D eigenvalue weighted by molar-refractivity contribution is 0.101. The van der Waals surface area contributed by atoms with Gasteiger partial charge in [-0.2, -0.15) is 8.42 Å². The van der Waals surface area contributed by atoms with E-state index in [0.717, 1.165) is 24.1 Å². The van der Waals surface area contributed by atoms with Gasteiger partial charge in [0.25, 0.3) is 0 Å². The van der Waals surface area contributed by atoms with Crippen molar-refractivity contribution in [3.63, 3.8) is 0 Å². The van der Waals surface area contributed by atoms with Crippen molar-refractivity contribution in [1.29, 1.82) is 0 Å². The smallest absolute Gasteiger partial charge is 0.333 e. The molecule has 37 heavy (non-hydrogen) atoms. The number of carbonyl (C=O) groups excluding carboxylic acids is 1. The van der Waals surface area contributed by atoms with Crippen LogP contribution in [0.2, 0.25) is 5.02 Å². The zero-order valence-electron chi connectivity index (χ0n) is 19.6. The minimum atomic E-state index is -4.09. The van der Waals surface area contributed by atoms with Crippen molar-refractivity contribution in [3.8, 4) is 0 Å². The summed E-state index contributed by atoms with van der Waals surface area (Å²) in [7, 11) is -4.09. The summed E-state index contributed by atoms with van der Waals surface area (Å²) in [5.41, 5.74) is 3.65. The first-order chi connectivity index (χ1) is 17.7. The predicted molar refractivity (Wildman–Crippen MR) is 140 cm³/mol. The molecule has 4 atom stereocenters. The van der Waals surface area contributed by atoms with Crippen LogP contribution in [0.3, 0.4) is 0 Å². The summed E-state index contributed by atoms with van der Waals surface area (Å²) in [6.07, 6.45) is 3.72. The summed E-state index contributed by atoms with van der Waals surface area (Å²) in [5.74, 6) is -0.279. The first-order valence-electron chi connectivity index (χ1n) is 11.7. The van der Waals surface area contributed by atoms with E-state index in [4.69, 9.17) is 16.7 Å². The van der Waals surface area contributed by atoms with Gasteiger partial charge in [0.2, 0.25) is 5.78 Å². The van der Waals surface area contributed by atoms with Gasteiger partial charge in [-0.3, -0.25) is 8.98 Å². The Kier molecular flexibility index (Phi) is 7.59. The first kappa shape index (κ1) is 26.2. The topological polar surface area (TPSA) is 157 Å². The Balaban J connectivity index is 1.32. The second kappa shape index (κ2) is 10.7. The van der Waals surface area contributed by atoms with Crippen LogP contribution in [-0.4, -0.2) is 54.6 Å². The molecule has 10 nitrogen and oxygen atoms in total. The summed E-state index contributed by atoms with van der Waals surface area (Å²) in [6.45, 7) is 0.616. The average Bonchev–Trinajstić information content (AvgIpc) is 3.48. The Morgan fingerprint density at radius 1 is 1.32 bits per heavy atom. The second-order valence-electron chi connectivity index (χ2n) is 9.26. The number of halogens is 1. The van der Waals surface area contributed by atoms with Crippen molar-refractivity contribution in [3.05, 3.63) is 74.3 Å². The van der Waals surface area contributed by atoms with Crippen LogP contribution in [0.4, 0.5) is 5.82 Å². The third-order valence-corrected chi connectivity index (χ3v) is 8.39. The lowest BCUT2D eigenvalue weighted by atomic mass is 9.91. The number of ketones is 1. The highest BCUT2D eigenvalue weighted by atomic mass is 35.5. The van der Waals surface area contributed by atoms with Gasteiger partial charge >= 0.3 is 10.3 Å². The number of hydrogen-bond acceptors (Lipinski definition) is 10. The lowest BCUT2D eigenvalue weighted by Gasteiger charge is -2.26. The Bertz CT molecular complexity index is 1420. The molecule has 196 valence electrons. The van der Waals surface area contributed by atoms with Crippen molar-refractivity contribution in [2.45, 2.75) is 37.5 Å². The van der Waals surface area contributed by atoms with Gasteiger partial charge in [-0.15, -0.1) is 11.3 Å². The summed E-state index contributed by atoms with van der Waals surface area (Å²) in [6, 6.07) is 7.51. The van der Waals surface area contributed by atoms with Crippen molar-refractivity contribution in [2.75, 3.05) is 18.5 Å². The van der Waals surface area contributed by atoms with Gasteiger partial charge in [0, 0.05) is 29.7 Å². The highest BCUT2D eigenvalue weighted by Crippen LogP contribution is 2.34. The molecular formula is C24H26ClN5O5S2. The number of hydrogen-bond donors (Lipinski definition) is 4. The van der Waals surface area contributed by atoms with Crippen molar-refractivity contribution < 1.29 is 22.5 Å². The van der Waals surface area contributed by atoms with Gasteiger partial charge in [0.15, 0.2) is 0 Å². The van der Waals surface area contributed by atoms with Gasteiger partial charge in [0.05, 0.1) is 29.2 Å². The van der Waals surface area contributed by atoms with Crippen molar-refractivity contribution >= 4 is 44.8 Å². The van der Waals surface area contributed by atoms with E-state index in [0.29, 0.717) is 34.1 Å². The van der Waals surface area contributed by atoms with Crippen LogP contribution in [0, 0.1) is 5.92 Å². The third kappa shape index (κ3) is 6.01. The largest absolute Gasteiger partial charge is 0.393 e. The van der Waals surface area contributed by atoms with Crippen molar-refractivity contribution in [2.24, 2.45) is 11.1 Å². The molecule has 2 aromatic heterocycles. The van der Waals surface area contributed by atoms with Crippen LogP contribution in [0.5, 0.6) is 0 Å². The van der Waals surface area contributed by atoms with Gasteiger partial charge in [0.1, 0.15) is 12.1 Å². The van der Waals surface area contributed by atoms with E-state index >= 15 is 0 Å². The van der Waals surface area contributed by atoms with E-state index in [-0.39, 0.29) is 24.5 Å². The summed E-state index contributed by atoms with van der Waals surface area (Å²) < 4.78 is 26.8. The number of nitrogens with two attached hydrogens (primary N) is 1. The van der Waals surface area contributed by atoms with E-state index < -0.39 is 22.3 Å². The molecule has 3 heterocycles. The molecule has 0 amide bonds. The molecule has 0 unspecified atom stereocenters. The van der Waals surface area contributed by atoms with Gasteiger partial charge in [-0.25, -0.2) is 15.1 Å². The fourth-order valence-electron chi connectivity index (χ4n) is 4.96. The molecule has 1 aliphatic heterocycles. The van der Waals surface area contributed by atoms with E-state index in [1.165, 1.54) is 29.4 Å². The van der Waals surface area contributed by atoms with Crippen LogP contribution < -0.4 is 15.8 Å². The summed E-state index contributed by atoms with van der Waals surface area (Å²) in [5, 5.41) is 24.6. The fraction of sp³-hybridized carbons (Fsp3) is 0.375. The predicted octanol–water partition coefficient (Wildman–Crippen LogP) is 2.43. The number of fused-ring (bicyclic) bond motifs is 1. The van der Waals surface area contributed by atoms with Crippen LogP contribution in [0.1, 0.15) is 50.8 Å². The highest BCUT2D eigenvalue weighted by Gasteiger charge is 2.35. The number of nitrogens with zero attached hydrogens (tertiary/aromatic N) is 2. The molecule has 2 aliphatic rings. The number of aromatic nitrogens is 2. The highest BCUT2D eigenvalue weighted by molar-refractivity contribution is 7.84. The first-order valence-corrected chi connectivity index (χ1v) is 14.5. The van der Waals surface area contributed by atoms with Crippen LogP contribution in [0.15, 0.2) is 42.2 Å². The molecule has 1 aromatic carbocycles. The molecule has 1 fully saturated rings. The van der Waals surface area contributed by atoms with Gasteiger partial charge in [-0.1, -0.05) is 17.7 Å². The number of carbonyl (C=O) groups is 1. The van der Waals surface area contributed by atoms with E-state index in [9.17, 15) is 18.3 Å². The number of anilines is 1. The van der Waals surface area contributed by atoms with Gasteiger partial charge in [-0.05, 0) is 59.5 Å². The molecule has 1 aliphatic carbocycles. The molecule has 0 saturated heterocycles. The van der Waals surface area contributed by atoms with E-state index in [1.54, 1.807) is 0 Å². The second-order valence-corrected chi connectivity index (χ2v) is 11.8. The quantitative estimate of drug-likeness (QED) is 0.302. The minimum absolute atomic E-state index is 0.0543. The van der Waals surface area contributed by atoms with E-state index in [2.05, 4.69) is 30.9 Å². The number of aliphatic hydroxyl groups excluding tert-OH is 1. The number of aliphatic hydroxyl groups is 1. The molecule has 3 aromatic rings. The maximum atomic E-state index is 13.5. The number of thiophene rings is 1. The molecule has 1 saturated carbocycles. The lowest BCUT2D eigenvalue weighted by Crippen LogP contribution is -2.30. The molecule has 5 N–H and O–H groups in total. The molecule has 0 radical (unpaired) electrons. The third-order valence-electron chi connectivity index (χ3n) is 6.74. The molecular weight excluding hydrogens is 538 g/mol. The zero-order valence-corrected chi connectivity index (χ0v) is 22.0. The SMILES string of the molecule is NS(=O)(=O)OC[C@H]1C[C@@H](Nc2ncncc2C(=O)c2cc([C@@H]3NCCc4ccc(Cl)cc43)cs2)C[C@@H]1O. The van der Waals surface area contributed by atoms with Gasteiger partial charge < -0.3 is 15.7 Å². The number of nitrogens with one attached hydrogen (secondary N) is 2. The molecule has 5 rings (SSSR count). The standard InChI is InChI=1S/C24H26ClN5O5S2/c25-16-2-1-13-3-4-28-22(18(13)7-16)15-6-21(36-11-15)23(32)19-9-27-12-29-24(19)30-17-5-14(20(31)8-17)10-35-37(26,33)34/h1-2,6-7,9,11-12,14,17,20,22,28,31H,3-5,8,10H2,(H2,26,33,34)(H,27,29,30)/t14-,17-,20+,22+/m1/s1. The van der Waals surface area contributed by atoms with Crippen LogP contribution in [-0.2, 0) is 20.9 Å². The summed E-state index contributed by atoms with van der Waals surface area (Å²) in [4.78, 5) is 22.3. The Hall–Kier alpha value is -2.45. The normalized spacial score (nSPS) is 23.5. The van der Waals surface area contributed by atoms with Crippen molar-refractivity contribution in [1.82, 2.24) is 15.3 Å². The monoisotopic (exact) mass is 563 g/mol. The average molecular weight is 564 g/mol. The Morgan fingerprint density at radius 3 is 2.97 bits per heavy atom. The maximum Gasteiger partial charge on any atom is 0.333 e. The Labute approximate surface area is 223 Å². The Morgan fingerprint density at radius 2 is 2.16 bits per heavy atom. The molecule has 13 heteroatoms. The van der Waals surface area contributed by atoms with Crippen LogP contribution >= 0.6 is 22.9 Å². The molecule has 0 spiro atoms. The fourth-order valence-corrected chi connectivity index (χ4v) is 6.39. The molecule has 0 bridgehead atoms. The zero-order chi connectivity index (χ0) is 26.2. The summed E-state index contributed by atoms with van der Waals surface area (Å²) >= 11 is 7.61. The van der Waals surface area contributed by atoms with E-state index in [1.807, 2.05) is 23.6 Å². The number of benzene rings is 1. The van der Waals surface area contributed by atoms with Crippen LogP contribution in [0.25, 0.3) is 0 Å².